The van der Waals surface area contributed by atoms with Crippen molar-refractivity contribution in [2.24, 2.45) is 0 Å². The summed E-state index contributed by atoms with van der Waals surface area (Å²) in [5.74, 6) is -0.339. The molecular weight excluding hydrogens is 231 g/mol. The average molecular weight is 246 g/mol. The van der Waals surface area contributed by atoms with Crippen LogP contribution in [0.4, 0.5) is 4.39 Å². The highest BCUT2D eigenvalue weighted by atomic mass is 19.1. The van der Waals surface area contributed by atoms with E-state index in [2.05, 4.69) is 10.3 Å². The monoisotopic (exact) mass is 246 g/mol. The van der Waals surface area contributed by atoms with Gasteiger partial charge in [0, 0.05) is 11.4 Å². The molecule has 2 rings (SSSR count). The number of aromatic nitrogens is 1. The highest BCUT2D eigenvalue weighted by Crippen LogP contribution is 2.14. The van der Waals surface area contributed by atoms with Crippen LogP contribution >= 0.6 is 0 Å². The zero-order valence-electron chi connectivity index (χ0n) is 10.4. The van der Waals surface area contributed by atoms with Crippen LogP contribution in [0.2, 0.25) is 0 Å². The number of nitrogens with zero attached hydrogens (tertiary/aromatic N) is 1. The van der Waals surface area contributed by atoms with Gasteiger partial charge >= 0.3 is 0 Å². The molecular formula is C14H15FN2O. The Morgan fingerprint density at radius 1 is 1.33 bits per heavy atom. The van der Waals surface area contributed by atoms with Crippen molar-refractivity contribution in [2.75, 3.05) is 0 Å². The summed E-state index contributed by atoms with van der Waals surface area (Å²) in [5, 5.41) is 3.55. The molecule has 4 heteroatoms. The number of hydrogen-bond acceptors (Lipinski definition) is 2. The summed E-state index contributed by atoms with van der Waals surface area (Å²) in [6, 6.07) is 8.07. The van der Waals surface area contributed by atoms with E-state index in [0.717, 1.165) is 5.39 Å². The Bertz CT molecular complexity index is 581. The molecule has 2 aromatic rings. The van der Waals surface area contributed by atoms with E-state index >= 15 is 0 Å². The van der Waals surface area contributed by atoms with Gasteiger partial charge < -0.3 is 5.32 Å². The van der Waals surface area contributed by atoms with Crippen LogP contribution in [-0.4, -0.2) is 16.9 Å². The minimum atomic E-state index is -0.283. The van der Waals surface area contributed by atoms with E-state index in [0.29, 0.717) is 11.2 Å². The molecule has 1 aromatic heterocycles. The van der Waals surface area contributed by atoms with Crippen molar-refractivity contribution in [1.29, 1.82) is 0 Å². The van der Waals surface area contributed by atoms with Crippen LogP contribution in [-0.2, 0) is 11.2 Å². The molecule has 0 aliphatic heterocycles. The van der Waals surface area contributed by atoms with Crippen molar-refractivity contribution in [3.8, 4) is 0 Å². The maximum atomic E-state index is 13.0. The minimum Gasteiger partial charge on any atom is -0.354 e. The van der Waals surface area contributed by atoms with E-state index in [1.165, 1.54) is 12.1 Å². The fraction of sp³-hybridized carbons (Fsp3) is 0.286. The number of benzene rings is 1. The van der Waals surface area contributed by atoms with Gasteiger partial charge in [-0.1, -0.05) is 6.07 Å². The maximum Gasteiger partial charge on any atom is 0.226 e. The fourth-order valence-corrected chi connectivity index (χ4v) is 1.77. The number of rotatable bonds is 3. The van der Waals surface area contributed by atoms with Crippen molar-refractivity contribution in [2.45, 2.75) is 26.3 Å². The smallest absolute Gasteiger partial charge is 0.226 e. The Labute approximate surface area is 105 Å². The average Bonchev–Trinajstić information content (AvgIpc) is 2.28. The van der Waals surface area contributed by atoms with Gasteiger partial charge in [0.2, 0.25) is 5.91 Å². The number of amides is 1. The number of halogens is 1. The van der Waals surface area contributed by atoms with Gasteiger partial charge in [-0.25, -0.2) is 4.39 Å². The van der Waals surface area contributed by atoms with Gasteiger partial charge in [-0.2, -0.15) is 0 Å². The van der Waals surface area contributed by atoms with Crippen molar-refractivity contribution >= 4 is 16.8 Å². The molecule has 0 saturated heterocycles. The van der Waals surface area contributed by atoms with E-state index in [-0.39, 0.29) is 24.2 Å². The van der Waals surface area contributed by atoms with E-state index in [9.17, 15) is 9.18 Å². The van der Waals surface area contributed by atoms with Crippen LogP contribution < -0.4 is 5.32 Å². The molecule has 1 amide bonds. The topological polar surface area (TPSA) is 42.0 Å². The van der Waals surface area contributed by atoms with Crippen LogP contribution in [0.3, 0.4) is 0 Å². The molecule has 94 valence electrons. The summed E-state index contributed by atoms with van der Waals surface area (Å²) >= 11 is 0. The van der Waals surface area contributed by atoms with Crippen LogP contribution in [0.1, 0.15) is 19.5 Å². The van der Waals surface area contributed by atoms with E-state index in [4.69, 9.17) is 0 Å². The molecule has 0 saturated carbocycles. The largest absolute Gasteiger partial charge is 0.354 e. The van der Waals surface area contributed by atoms with Gasteiger partial charge in [0.25, 0.3) is 0 Å². The first-order chi connectivity index (χ1) is 8.54. The number of fused-ring (bicyclic) bond motifs is 1. The van der Waals surface area contributed by atoms with Crippen LogP contribution in [0.15, 0.2) is 30.3 Å². The second-order valence-electron chi connectivity index (χ2n) is 4.54. The zero-order valence-corrected chi connectivity index (χ0v) is 10.4. The third kappa shape index (κ3) is 3.03. The molecule has 0 aliphatic carbocycles. The Morgan fingerprint density at radius 2 is 2.11 bits per heavy atom. The Morgan fingerprint density at radius 3 is 2.83 bits per heavy atom. The molecule has 3 nitrogen and oxygen atoms in total. The van der Waals surface area contributed by atoms with Crippen LogP contribution in [0.5, 0.6) is 0 Å². The lowest BCUT2D eigenvalue weighted by molar-refractivity contribution is -0.120. The zero-order chi connectivity index (χ0) is 13.1. The summed E-state index contributed by atoms with van der Waals surface area (Å²) < 4.78 is 13.0. The number of carbonyl (C=O) groups excluding carboxylic acids is 1. The van der Waals surface area contributed by atoms with Crippen molar-refractivity contribution in [3.63, 3.8) is 0 Å². The predicted octanol–water partition coefficient (Wildman–Crippen LogP) is 2.44. The molecule has 0 spiro atoms. The SMILES string of the molecule is CC(C)NC(=O)Cc1ccc2cc(F)ccc2n1. The molecule has 0 radical (unpaired) electrons. The van der Waals surface area contributed by atoms with Crippen LogP contribution in [0, 0.1) is 5.82 Å². The van der Waals surface area contributed by atoms with E-state index in [1.54, 1.807) is 18.2 Å². The summed E-state index contributed by atoms with van der Waals surface area (Å²) in [7, 11) is 0. The number of pyridine rings is 1. The summed E-state index contributed by atoms with van der Waals surface area (Å²) in [4.78, 5) is 15.9. The Hall–Kier alpha value is -1.97. The van der Waals surface area contributed by atoms with Gasteiger partial charge in [0.05, 0.1) is 17.6 Å². The highest BCUT2D eigenvalue weighted by molar-refractivity contribution is 5.81. The van der Waals surface area contributed by atoms with Gasteiger partial charge in [-0.05, 0) is 38.1 Å². The van der Waals surface area contributed by atoms with Crippen LogP contribution in [0.25, 0.3) is 10.9 Å². The molecule has 0 fully saturated rings. The quantitative estimate of drug-likeness (QED) is 0.903. The number of hydrogen-bond donors (Lipinski definition) is 1. The lowest BCUT2D eigenvalue weighted by Crippen LogP contribution is -2.31. The van der Waals surface area contributed by atoms with Gasteiger partial charge in [0.1, 0.15) is 5.82 Å². The fourth-order valence-electron chi connectivity index (χ4n) is 1.77. The van der Waals surface area contributed by atoms with Gasteiger partial charge in [-0.15, -0.1) is 0 Å². The maximum absolute atomic E-state index is 13.0. The van der Waals surface area contributed by atoms with Crippen molar-refractivity contribution in [1.82, 2.24) is 10.3 Å². The van der Waals surface area contributed by atoms with E-state index < -0.39 is 0 Å². The third-order valence-corrected chi connectivity index (χ3v) is 2.50. The number of carbonyl (C=O) groups is 1. The first-order valence-electron chi connectivity index (χ1n) is 5.89. The molecule has 0 aliphatic rings. The van der Waals surface area contributed by atoms with Crippen molar-refractivity contribution in [3.05, 3.63) is 41.8 Å². The van der Waals surface area contributed by atoms with Gasteiger partial charge in [-0.3, -0.25) is 9.78 Å². The summed E-state index contributed by atoms with van der Waals surface area (Å²) in [6.45, 7) is 3.82. The normalized spacial score (nSPS) is 10.9. The Balaban J connectivity index is 2.20. The molecule has 0 bridgehead atoms. The van der Waals surface area contributed by atoms with Gasteiger partial charge in [0.15, 0.2) is 0 Å². The first kappa shape index (κ1) is 12.5. The lowest BCUT2D eigenvalue weighted by atomic mass is 10.1. The third-order valence-electron chi connectivity index (χ3n) is 2.50. The van der Waals surface area contributed by atoms with E-state index in [1.807, 2.05) is 13.8 Å². The molecule has 1 heterocycles. The second-order valence-corrected chi connectivity index (χ2v) is 4.54. The molecule has 1 N–H and O–H groups in total. The second kappa shape index (κ2) is 5.12. The highest BCUT2D eigenvalue weighted by Gasteiger charge is 2.07. The minimum absolute atomic E-state index is 0.0565. The molecule has 1 aromatic carbocycles. The molecule has 0 atom stereocenters. The Kier molecular flexibility index (Phi) is 3.55. The summed E-state index contributed by atoms with van der Waals surface area (Å²) in [6.07, 6.45) is 0.242. The standard InChI is InChI=1S/C14H15FN2O/c1-9(2)16-14(18)8-12-5-3-10-7-11(15)4-6-13(10)17-12/h3-7,9H,8H2,1-2H3,(H,16,18). The predicted molar refractivity (Wildman–Crippen MR) is 68.7 cm³/mol. The number of nitrogens with one attached hydrogen (secondary N) is 1. The van der Waals surface area contributed by atoms with Crippen molar-refractivity contribution < 1.29 is 9.18 Å². The molecule has 0 unspecified atom stereocenters. The first-order valence-corrected chi connectivity index (χ1v) is 5.89. The molecule has 18 heavy (non-hydrogen) atoms. The lowest BCUT2D eigenvalue weighted by Gasteiger charge is -2.08. The summed E-state index contributed by atoms with van der Waals surface area (Å²) in [5.41, 5.74) is 1.39.